The Kier molecular flexibility index (Phi) is 13.4. The molecule has 0 amide bonds. The Labute approximate surface area is 176 Å². The Morgan fingerprint density at radius 1 is 0.607 bits per heavy atom. The highest BCUT2D eigenvalue weighted by atomic mass is 14.9. The third-order valence-corrected chi connectivity index (χ3v) is 4.32. The predicted octanol–water partition coefficient (Wildman–Crippen LogP) is 8.67. The van der Waals surface area contributed by atoms with E-state index in [0.29, 0.717) is 17.9 Å². The SMILES string of the molecule is CC.CC(C)Cc1ccc(C(C)C)cc1.CC(C)Nc1ccc(C(C)C)cc1. The van der Waals surface area contributed by atoms with E-state index in [0.717, 1.165) is 5.92 Å². The summed E-state index contributed by atoms with van der Waals surface area (Å²) in [5, 5.41) is 3.37. The van der Waals surface area contributed by atoms with E-state index in [-0.39, 0.29) is 0 Å². The number of nitrogens with one attached hydrogen (secondary N) is 1. The molecule has 2 rings (SSSR count). The van der Waals surface area contributed by atoms with E-state index < -0.39 is 0 Å². The molecule has 2 aromatic carbocycles. The van der Waals surface area contributed by atoms with Gasteiger partial charge in [-0.15, -0.1) is 0 Å². The van der Waals surface area contributed by atoms with Gasteiger partial charge in [-0.25, -0.2) is 0 Å². The molecule has 0 heterocycles. The minimum absolute atomic E-state index is 0.505. The molecule has 0 aromatic heterocycles. The fraction of sp³-hybridized carbons (Fsp3) is 0.556. The smallest absolute Gasteiger partial charge is 0.0342 e. The number of rotatable bonds is 6. The van der Waals surface area contributed by atoms with Gasteiger partial charge in [0.2, 0.25) is 0 Å². The first kappa shape index (κ1) is 26.2. The Balaban J connectivity index is 0.000000478. The average Bonchev–Trinajstić information content (AvgIpc) is 2.64. The van der Waals surface area contributed by atoms with Crippen molar-refractivity contribution < 1.29 is 0 Å². The Morgan fingerprint density at radius 2 is 1.00 bits per heavy atom. The van der Waals surface area contributed by atoms with Gasteiger partial charge in [-0.3, -0.25) is 0 Å². The first-order valence-corrected chi connectivity index (χ1v) is 11.1. The Hall–Kier alpha value is -1.76. The number of benzene rings is 2. The molecule has 0 fully saturated rings. The summed E-state index contributed by atoms with van der Waals surface area (Å²) in [5.41, 5.74) is 5.50. The molecule has 1 nitrogen and oxygen atoms in total. The van der Waals surface area contributed by atoms with Crippen LogP contribution in [0.25, 0.3) is 0 Å². The molecule has 0 spiro atoms. The van der Waals surface area contributed by atoms with Crippen LogP contribution in [-0.4, -0.2) is 6.04 Å². The molecule has 0 radical (unpaired) electrons. The minimum Gasteiger partial charge on any atom is -0.383 e. The van der Waals surface area contributed by atoms with Gasteiger partial charge in [0.05, 0.1) is 0 Å². The van der Waals surface area contributed by atoms with Crippen molar-refractivity contribution in [2.45, 2.75) is 93.5 Å². The summed E-state index contributed by atoms with van der Waals surface area (Å²) in [4.78, 5) is 0. The second-order valence-corrected chi connectivity index (χ2v) is 8.57. The highest BCUT2D eigenvalue weighted by molar-refractivity contribution is 5.45. The first-order valence-electron chi connectivity index (χ1n) is 11.1. The summed E-state index contributed by atoms with van der Waals surface area (Å²) in [6, 6.07) is 18.2. The number of hydrogen-bond acceptors (Lipinski definition) is 1. The van der Waals surface area contributed by atoms with Crippen molar-refractivity contribution in [2.24, 2.45) is 5.92 Å². The van der Waals surface area contributed by atoms with E-state index >= 15 is 0 Å². The monoisotopic (exact) mass is 383 g/mol. The zero-order valence-electron chi connectivity index (χ0n) is 20.1. The standard InChI is InChI=1S/C13H20.C12H19N.C2H6/c1-10(2)9-12-5-7-13(8-6-12)11(3)4;1-9(2)11-5-7-12(8-6-11)13-10(3)4;1-2/h5-8,10-11H,9H2,1-4H3;5-10,13H,1-4H3;1-2H3. The van der Waals surface area contributed by atoms with Gasteiger partial charge in [-0.05, 0) is 66.8 Å². The van der Waals surface area contributed by atoms with E-state index in [2.05, 4.69) is 109 Å². The van der Waals surface area contributed by atoms with Crippen molar-refractivity contribution in [1.82, 2.24) is 0 Å². The summed E-state index contributed by atoms with van der Waals surface area (Å²) in [6.07, 6.45) is 1.19. The van der Waals surface area contributed by atoms with Crippen molar-refractivity contribution in [2.75, 3.05) is 5.32 Å². The van der Waals surface area contributed by atoms with Gasteiger partial charge in [-0.2, -0.15) is 0 Å². The maximum Gasteiger partial charge on any atom is 0.0342 e. The molecule has 0 atom stereocenters. The van der Waals surface area contributed by atoms with Crippen LogP contribution in [0.2, 0.25) is 0 Å². The van der Waals surface area contributed by atoms with Crippen molar-refractivity contribution in [3.8, 4) is 0 Å². The molecule has 0 saturated carbocycles. The summed E-state index contributed by atoms with van der Waals surface area (Å²) in [7, 11) is 0. The average molecular weight is 384 g/mol. The van der Waals surface area contributed by atoms with E-state index in [1.807, 2.05) is 13.8 Å². The van der Waals surface area contributed by atoms with Crippen LogP contribution in [-0.2, 0) is 6.42 Å². The molecule has 1 heteroatoms. The molecular weight excluding hydrogens is 338 g/mol. The van der Waals surface area contributed by atoms with Crippen LogP contribution in [0.3, 0.4) is 0 Å². The van der Waals surface area contributed by atoms with Gasteiger partial charge in [-0.1, -0.05) is 91.8 Å². The third-order valence-electron chi connectivity index (χ3n) is 4.32. The van der Waals surface area contributed by atoms with E-state index in [1.165, 1.54) is 28.8 Å². The largest absolute Gasteiger partial charge is 0.383 e. The van der Waals surface area contributed by atoms with E-state index in [4.69, 9.17) is 0 Å². The number of hydrogen-bond donors (Lipinski definition) is 1. The molecule has 0 saturated heterocycles. The molecule has 0 aliphatic carbocycles. The fourth-order valence-corrected chi connectivity index (χ4v) is 2.81. The summed E-state index contributed by atoms with van der Waals surface area (Å²) < 4.78 is 0. The second-order valence-electron chi connectivity index (χ2n) is 8.57. The topological polar surface area (TPSA) is 12.0 Å². The Morgan fingerprint density at radius 3 is 1.32 bits per heavy atom. The van der Waals surface area contributed by atoms with Crippen LogP contribution >= 0.6 is 0 Å². The predicted molar refractivity (Wildman–Crippen MR) is 130 cm³/mol. The van der Waals surface area contributed by atoms with Crippen LogP contribution in [0.15, 0.2) is 48.5 Å². The lowest BCUT2D eigenvalue weighted by Gasteiger charge is -2.11. The summed E-state index contributed by atoms with van der Waals surface area (Å²) in [5.74, 6) is 2.02. The van der Waals surface area contributed by atoms with Crippen molar-refractivity contribution in [3.05, 3.63) is 65.2 Å². The fourth-order valence-electron chi connectivity index (χ4n) is 2.81. The van der Waals surface area contributed by atoms with Gasteiger partial charge in [0.15, 0.2) is 0 Å². The summed E-state index contributed by atoms with van der Waals surface area (Å²) >= 11 is 0. The zero-order valence-corrected chi connectivity index (χ0v) is 20.1. The van der Waals surface area contributed by atoms with E-state index in [9.17, 15) is 0 Å². The molecule has 2 aromatic rings. The molecule has 1 N–H and O–H groups in total. The normalized spacial score (nSPS) is 10.5. The van der Waals surface area contributed by atoms with Gasteiger partial charge < -0.3 is 5.32 Å². The molecule has 0 aliphatic heterocycles. The molecule has 28 heavy (non-hydrogen) atoms. The van der Waals surface area contributed by atoms with Crippen LogP contribution in [0.5, 0.6) is 0 Å². The quantitative estimate of drug-likeness (QED) is 0.526. The summed E-state index contributed by atoms with van der Waals surface area (Å²) in [6.45, 7) is 21.7. The Bertz CT molecular complexity index is 546. The van der Waals surface area contributed by atoms with Crippen LogP contribution in [0.4, 0.5) is 5.69 Å². The lowest BCUT2D eigenvalue weighted by atomic mass is 9.98. The molecule has 0 bridgehead atoms. The van der Waals surface area contributed by atoms with Gasteiger partial charge in [0.25, 0.3) is 0 Å². The third kappa shape index (κ3) is 11.2. The lowest BCUT2D eigenvalue weighted by molar-refractivity contribution is 0.647. The highest BCUT2D eigenvalue weighted by Gasteiger charge is 2.00. The second kappa shape index (κ2) is 14.3. The molecule has 0 unspecified atom stereocenters. The molecule has 0 aliphatic rings. The van der Waals surface area contributed by atoms with Crippen molar-refractivity contribution >= 4 is 5.69 Å². The van der Waals surface area contributed by atoms with Crippen molar-refractivity contribution in [3.63, 3.8) is 0 Å². The van der Waals surface area contributed by atoms with Crippen LogP contribution in [0, 0.1) is 5.92 Å². The molecular formula is C27H45N. The zero-order chi connectivity index (χ0) is 21.7. The lowest BCUT2D eigenvalue weighted by Crippen LogP contribution is -2.09. The first-order chi connectivity index (χ1) is 13.2. The minimum atomic E-state index is 0.505. The van der Waals surface area contributed by atoms with Gasteiger partial charge in [0, 0.05) is 11.7 Å². The molecule has 158 valence electrons. The van der Waals surface area contributed by atoms with Crippen LogP contribution < -0.4 is 5.32 Å². The van der Waals surface area contributed by atoms with E-state index in [1.54, 1.807) is 0 Å². The van der Waals surface area contributed by atoms with Gasteiger partial charge in [0.1, 0.15) is 0 Å². The van der Waals surface area contributed by atoms with Crippen LogP contribution in [0.1, 0.15) is 97.8 Å². The maximum atomic E-state index is 3.37. The van der Waals surface area contributed by atoms with Gasteiger partial charge >= 0.3 is 0 Å². The maximum absolute atomic E-state index is 3.37. The van der Waals surface area contributed by atoms with Crippen molar-refractivity contribution in [1.29, 1.82) is 0 Å². The number of anilines is 1. The highest BCUT2D eigenvalue weighted by Crippen LogP contribution is 2.18.